The fourth-order valence-electron chi connectivity index (χ4n) is 2.85. The van der Waals surface area contributed by atoms with Gasteiger partial charge in [-0.25, -0.2) is 8.42 Å². The number of ether oxygens (including phenoxy) is 1. The summed E-state index contributed by atoms with van der Waals surface area (Å²) in [6.45, 7) is 5.63. The van der Waals surface area contributed by atoms with Gasteiger partial charge in [0.25, 0.3) is 0 Å². The van der Waals surface area contributed by atoms with Crippen molar-refractivity contribution < 1.29 is 17.6 Å². The van der Waals surface area contributed by atoms with Crippen LogP contribution in [-0.4, -0.2) is 51.1 Å². The molecule has 2 saturated heterocycles. The van der Waals surface area contributed by atoms with Crippen molar-refractivity contribution in [2.75, 3.05) is 26.2 Å². The van der Waals surface area contributed by atoms with Crippen LogP contribution in [0.3, 0.4) is 0 Å². The minimum absolute atomic E-state index is 0. The van der Waals surface area contributed by atoms with Gasteiger partial charge in [0.2, 0.25) is 10.0 Å². The molecule has 3 heterocycles. The first-order chi connectivity index (χ1) is 9.00. The molecule has 0 bridgehead atoms. The maximum Gasteiger partial charge on any atom is 0.247 e. The molecule has 2 aliphatic heterocycles. The molecule has 2 aliphatic rings. The van der Waals surface area contributed by atoms with Crippen LogP contribution in [0.15, 0.2) is 15.4 Å². The van der Waals surface area contributed by atoms with Crippen LogP contribution in [0.25, 0.3) is 0 Å². The van der Waals surface area contributed by atoms with Gasteiger partial charge in [-0.05, 0) is 19.9 Å². The fraction of sp³-hybridized carbons (Fsp3) is 0.667. The van der Waals surface area contributed by atoms with Crippen LogP contribution in [0.4, 0.5) is 0 Å². The molecule has 2 atom stereocenters. The highest BCUT2D eigenvalue weighted by molar-refractivity contribution is 7.89. The van der Waals surface area contributed by atoms with Gasteiger partial charge in [0, 0.05) is 19.6 Å². The summed E-state index contributed by atoms with van der Waals surface area (Å²) in [6, 6.07) is 1.48. The highest BCUT2D eigenvalue weighted by Crippen LogP contribution is 2.28. The molecule has 0 saturated carbocycles. The third-order valence-corrected chi connectivity index (χ3v) is 5.76. The summed E-state index contributed by atoms with van der Waals surface area (Å²) >= 11 is 0. The first-order valence-electron chi connectivity index (χ1n) is 6.41. The normalized spacial score (nSPS) is 27.1. The SMILES string of the molecule is Cc1cc(S(=O)(=O)N2CCO[C@H]3CNC[C@H]32)c(C)o1.Cl. The van der Waals surface area contributed by atoms with Gasteiger partial charge in [-0.1, -0.05) is 0 Å². The Balaban J connectivity index is 0.00000147. The molecule has 114 valence electrons. The Kier molecular flexibility index (Phi) is 4.46. The molecule has 3 rings (SSSR count). The van der Waals surface area contributed by atoms with Crippen molar-refractivity contribution in [3.63, 3.8) is 0 Å². The molecule has 20 heavy (non-hydrogen) atoms. The average molecular weight is 323 g/mol. The van der Waals surface area contributed by atoms with E-state index >= 15 is 0 Å². The van der Waals surface area contributed by atoms with E-state index in [1.165, 1.54) is 0 Å². The largest absolute Gasteiger partial charge is 0.465 e. The summed E-state index contributed by atoms with van der Waals surface area (Å²) in [5.74, 6) is 1.07. The van der Waals surface area contributed by atoms with E-state index in [1.807, 2.05) is 0 Å². The minimum Gasteiger partial charge on any atom is -0.465 e. The van der Waals surface area contributed by atoms with E-state index in [-0.39, 0.29) is 29.4 Å². The zero-order valence-electron chi connectivity index (χ0n) is 11.5. The molecule has 0 spiro atoms. The van der Waals surface area contributed by atoms with Crippen LogP contribution in [0, 0.1) is 13.8 Å². The Labute approximate surface area is 124 Å². The number of morpholine rings is 1. The van der Waals surface area contributed by atoms with E-state index < -0.39 is 10.0 Å². The van der Waals surface area contributed by atoms with Gasteiger partial charge in [-0.2, -0.15) is 4.31 Å². The molecule has 8 heteroatoms. The van der Waals surface area contributed by atoms with Crippen LogP contribution in [0.2, 0.25) is 0 Å². The Morgan fingerprint density at radius 2 is 2.10 bits per heavy atom. The van der Waals surface area contributed by atoms with Gasteiger partial charge in [0.15, 0.2) is 0 Å². The van der Waals surface area contributed by atoms with E-state index in [0.717, 1.165) is 0 Å². The summed E-state index contributed by atoms with van der Waals surface area (Å²) in [5, 5.41) is 3.18. The lowest BCUT2D eigenvalue weighted by molar-refractivity contribution is -0.0149. The zero-order chi connectivity index (χ0) is 13.6. The quantitative estimate of drug-likeness (QED) is 0.867. The summed E-state index contributed by atoms with van der Waals surface area (Å²) in [5.41, 5.74) is 0. The van der Waals surface area contributed by atoms with Crippen molar-refractivity contribution in [3.8, 4) is 0 Å². The second kappa shape index (κ2) is 5.65. The van der Waals surface area contributed by atoms with Crippen LogP contribution in [0.1, 0.15) is 11.5 Å². The fourth-order valence-corrected chi connectivity index (χ4v) is 4.70. The van der Waals surface area contributed by atoms with Crippen LogP contribution >= 0.6 is 12.4 Å². The van der Waals surface area contributed by atoms with E-state index in [0.29, 0.717) is 37.8 Å². The van der Waals surface area contributed by atoms with Gasteiger partial charge in [0.05, 0.1) is 18.8 Å². The smallest absolute Gasteiger partial charge is 0.247 e. The van der Waals surface area contributed by atoms with Gasteiger partial charge >= 0.3 is 0 Å². The van der Waals surface area contributed by atoms with Crippen LogP contribution in [0.5, 0.6) is 0 Å². The number of nitrogens with zero attached hydrogens (tertiary/aromatic N) is 1. The van der Waals surface area contributed by atoms with E-state index in [2.05, 4.69) is 5.32 Å². The van der Waals surface area contributed by atoms with Crippen molar-refractivity contribution in [1.82, 2.24) is 9.62 Å². The Morgan fingerprint density at radius 1 is 1.35 bits per heavy atom. The first-order valence-corrected chi connectivity index (χ1v) is 7.85. The Morgan fingerprint density at radius 3 is 2.75 bits per heavy atom. The van der Waals surface area contributed by atoms with Crippen molar-refractivity contribution in [1.29, 1.82) is 0 Å². The molecule has 0 aromatic carbocycles. The summed E-state index contributed by atoms with van der Waals surface area (Å²) < 4.78 is 38.0. The van der Waals surface area contributed by atoms with E-state index in [9.17, 15) is 8.42 Å². The first kappa shape index (κ1) is 15.8. The van der Waals surface area contributed by atoms with Crippen molar-refractivity contribution >= 4 is 22.4 Å². The number of hydrogen-bond donors (Lipinski definition) is 1. The third kappa shape index (κ3) is 2.48. The standard InChI is InChI=1S/C12H18N2O4S.ClH/c1-8-5-12(9(2)18-8)19(15,16)14-3-4-17-11-7-13-6-10(11)14;/h5,10-11,13H,3-4,6-7H2,1-2H3;1H/t10-,11+;/m1./s1. The van der Waals surface area contributed by atoms with Crippen molar-refractivity contribution in [3.05, 3.63) is 17.6 Å². The molecule has 6 nitrogen and oxygen atoms in total. The molecule has 0 radical (unpaired) electrons. The van der Waals surface area contributed by atoms with Gasteiger partial charge in [-0.15, -0.1) is 12.4 Å². The number of fused-ring (bicyclic) bond motifs is 1. The maximum atomic E-state index is 12.7. The number of halogens is 1. The molecule has 0 aliphatic carbocycles. The lowest BCUT2D eigenvalue weighted by Crippen LogP contribution is -2.53. The monoisotopic (exact) mass is 322 g/mol. The molecule has 1 aromatic rings. The average Bonchev–Trinajstić information content (AvgIpc) is 2.94. The number of nitrogens with one attached hydrogen (secondary N) is 1. The number of aryl methyl sites for hydroxylation is 2. The second-order valence-corrected chi connectivity index (χ2v) is 6.89. The molecule has 1 N–H and O–H groups in total. The predicted octanol–water partition coefficient (Wildman–Crippen LogP) is 0.680. The second-order valence-electron chi connectivity index (χ2n) is 5.03. The molecule has 0 unspecified atom stereocenters. The van der Waals surface area contributed by atoms with Gasteiger partial charge in [0.1, 0.15) is 16.4 Å². The number of rotatable bonds is 2. The van der Waals surface area contributed by atoms with Gasteiger partial charge in [-0.3, -0.25) is 0 Å². The Bertz CT molecular complexity index is 586. The molecular weight excluding hydrogens is 304 g/mol. The maximum absolute atomic E-state index is 12.7. The highest BCUT2D eigenvalue weighted by Gasteiger charge is 2.43. The molecular formula is C12H19ClN2O4S. The third-order valence-electron chi connectivity index (χ3n) is 3.72. The summed E-state index contributed by atoms with van der Waals surface area (Å²) in [7, 11) is -3.51. The summed E-state index contributed by atoms with van der Waals surface area (Å²) in [6.07, 6.45) is -0.0446. The molecule has 1 aromatic heterocycles. The lowest BCUT2D eigenvalue weighted by atomic mass is 10.2. The molecule has 0 amide bonds. The van der Waals surface area contributed by atoms with Crippen LogP contribution in [-0.2, 0) is 14.8 Å². The highest BCUT2D eigenvalue weighted by atomic mass is 35.5. The number of sulfonamides is 1. The van der Waals surface area contributed by atoms with E-state index in [1.54, 1.807) is 24.2 Å². The number of furan rings is 1. The minimum atomic E-state index is -3.51. The lowest BCUT2D eigenvalue weighted by Gasteiger charge is -2.35. The summed E-state index contributed by atoms with van der Waals surface area (Å²) in [4.78, 5) is 0.276. The molecule has 2 fully saturated rings. The zero-order valence-corrected chi connectivity index (χ0v) is 13.1. The van der Waals surface area contributed by atoms with Crippen molar-refractivity contribution in [2.24, 2.45) is 0 Å². The van der Waals surface area contributed by atoms with Gasteiger partial charge < -0.3 is 14.5 Å². The van der Waals surface area contributed by atoms with Crippen LogP contribution < -0.4 is 5.32 Å². The van der Waals surface area contributed by atoms with E-state index in [4.69, 9.17) is 9.15 Å². The Hall–Kier alpha value is -0.600. The van der Waals surface area contributed by atoms with Crippen molar-refractivity contribution in [2.45, 2.75) is 30.9 Å². The predicted molar refractivity (Wildman–Crippen MR) is 75.7 cm³/mol. The topological polar surface area (TPSA) is 71.8 Å². The number of hydrogen-bond acceptors (Lipinski definition) is 5.